The zero-order chi connectivity index (χ0) is 14.4. The van der Waals surface area contributed by atoms with Crippen LogP contribution < -0.4 is 16.4 Å². The molecule has 2 rings (SSSR count). The zero-order valence-electron chi connectivity index (χ0n) is 11.2. The van der Waals surface area contributed by atoms with E-state index in [0.29, 0.717) is 6.42 Å². The van der Waals surface area contributed by atoms with Gasteiger partial charge in [-0.2, -0.15) is 11.8 Å². The van der Waals surface area contributed by atoms with E-state index in [4.69, 9.17) is 5.73 Å². The molecule has 0 aliphatic carbocycles. The molecule has 1 saturated heterocycles. The molecular weight excluding hydrogens is 274 g/mol. The van der Waals surface area contributed by atoms with Crippen molar-refractivity contribution in [3.63, 3.8) is 0 Å². The molecule has 5 nitrogen and oxygen atoms in total. The van der Waals surface area contributed by atoms with Gasteiger partial charge in [0.2, 0.25) is 11.8 Å². The first-order chi connectivity index (χ1) is 9.63. The second-order valence-electron chi connectivity index (χ2n) is 4.82. The number of hydrogen-bond acceptors (Lipinski definition) is 4. The van der Waals surface area contributed by atoms with Gasteiger partial charge in [-0.1, -0.05) is 12.1 Å². The van der Waals surface area contributed by atoms with Crippen molar-refractivity contribution in [2.24, 2.45) is 5.73 Å². The Kier molecular flexibility index (Phi) is 5.43. The molecule has 4 N–H and O–H groups in total. The van der Waals surface area contributed by atoms with Crippen LogP contribution in [0.1, 0.15) is 12.0 Å². The number of rotatable bonds is 5. The van der Waals surface area contributed by atoms with Crippen LogP contribution in [0.2, 0.25) is 0 Å². The van der Waals surface area contributed by atoms with Crippen LogP contribution in [-0.4, -0.2) is 35.9 Å². The van der Waals surface area contributed by atoms with Crippen LogP contribution >= 0.6 is 11.8 Å². The second-order valence-corrected chi connectivity index (χ2v) is 5.97. The number of nitrogens with one attached hydrogen (secondary N) is 2. The maximum absolute atomic E-state index is 11.9. The number of thioether (sulfide) groups is 1. The summed E-state index contributed by atoms with van der Waals surface area (Å²) in [6, 6.07) is 7.44. The number of nitrogens with two attached hydrogens (primary N) is 1. The van der Waals surface area contributed by atoms with Crippen LogP contribution in [0.25, 0.3) is 0 Å². The third-order valence-corrected chi connectivity index (χ3v) is 4.18. The minimum absolute atomic E-state index is 0.00708. The van der Waals surface area contributed by atoms with Gasteiger partial charge in [0.1, 0.15) is 0 Å². The van der Waals surface area contributed by atoms with Crippen molar-refractivity contribution < 1.29 is 9.59 Å². The Balaban J connectivity index is 1.82. The largest absolute Gasteiger partial charge is 0.369 e. The summed E-state index contributed by atoms with van der Waals surface area (Å²) in [6.07, 6.45) is 0.702. The highest BCUT2D eigenvalue weighted by molar-refractivity contribution is 7.99. The minimum atomic E-state index is -0.359. The summed E-state index contributed by atoms with van der Waals surface area (Å²) >= 11 is 1.87. The highest BCUT2D eigenvalue weighted by atomic mass is 32.2. The molecule has 1 aliphatic heterocycles. The van der Waals surface area contributed by atoms with Crippen molar-refractivity contribution in [1.82, 2.24) is 5.32 Å². The van der Waals surface area contributed by atoms with E-state index < -0.39 is 0 Å². The number of hydrogen-bond donors (Lipinski definition) is 3. The molecule has 1 fully saturated rings. The van der Waals surface area contributed by atoms with Crippen LogP contribution in [0.15, 0.2) is 24.3 Å². The molecule has 1 atom stereocenters. The highest BCUT2D eigenvalue weighted by Gasteiger charge is 2.16. The predicted octanol–water partition coefficient (Wildman–Crippen LogP) is 0.748. The first-order valence-corrected chi connectivity index (χ1v) is 7.77. The third kappa shape index (κ3) is 4.86. The summed E-state index contributed by atoms with van der Waals surface area (Å²) in [7, 11) is 0. The lowest BCUT2D eigenvalue weighted by molar-refractivity contribution is -0.117. The molecule has 0 spiro atoms. The number of anilines is 1. The van der Waals surface area contributed by atoms with E-state index in [2.05, 4.69) is 10.6 Å². The number of primary amides is 1. The molecule has 108 valence electrons. The maximum atomic E-state index is 11.9. The Labute approximate surface area is 122 Å². The molecule has 1 aliphatic rings. The minimum Gasteiger partial charge on any atom is -0.369 e. The van der Waals surface area contributed by atoms with E-state index in [-0.39, 0.29) is 24.3 Å². The van der Waals surface area contributed by atoms with E-state index in [9.17, 15) is 9.59 Å². The van der Waals surface area contributed by atoms with E-state index in [1.807, 2.05) is 11.8 Å². The van der Waals surface area contributed by atoms with Gasteiger partial charge in [0.05, 0.1) is 6.42 Å². The zero-order valence-corrected chi connectivity index (χ0v) is 12.0. The van der Waals surface area contributed by atoms with Gasteiger partial charge in [0, 0.05) is 36.2 Å². The van der Waals surface area contributed by atoms with E-state index in [1.54, 1.807) is 24.3 Å². The summed E-state index contributed by atoms with van der Waals surface area (Å²) < 4.78 is 0. The van der Waals surface area contributed by atoms with Crippen LogP contribution in [-0.2, 0) is 16.0 Å². The molecule has 0 bridgehead atoms. The van der Waals surface area contributed by atoms with Crippen LogP contribution in [0.3, 0.4) is 0 Å². The smallest absolute Gasteiger partial charge is 0.225 e. The molecule has 0 saturated carbocycles. The molecule has 0 radical (unpaired) electrons. The fourth-order valence-corrected chi connectivity index (χ4v) is 3.04. The van der Waals surface area contributed by atoms with Gasteiger partial charge >= 0.3 is 0 Å². The number of benzene rings is 1. The van der Waals surface area contributed by atoms with Gasteiger partial charge in [-0.15, -0.1) is 0 Å². The Bertz CT molecular complexity index is 470. The Morgan fingerprint density at radius 2 is 2.10 bits per heavy atom. The molecule has 1 aromatic rings. The molecule has 1 unspecified atom stereocenters. The molecule has 0 aromatic heterocycles. The van der Waals surface area contributed by atoms with Gasteiger partial charge < -0.3 is 16.4 Å². The summed E-state index contributed by atoms with van der Waals surface area (Å²) in [5, 5.41) is 6.20. The SMILES string of the molecule is NC(=O)Cc1ccc(NC(=O)CC2CSCCN2)cc1. The highest BCUT2D eigenvalue weighted by Crippen LogP contribution is 2.13. The topological polar surface area (TPSA) is 84.2 Å². The lowest BCUT2D eigenvalue weighted by Crippen LogP contribution is -2.39. The molecule has 6 heteroatoms. The fourth-order valence-electron chi connectivity index (χ4n) is 2.09. The molecule has 1 heterocycles. The Morgan fingerprint density at radius 1 is 1.35 bits per heavy atom. The monoisotopic (exact) mass is 293 g/mol. The van der Waals surface area contributed by atoms with E-state index in [0.717, 1.165) is 29.3 Å². The summed E-state index contributed by atoms with van der Waals surface area (Å²) in [6.45, 7) is 0.963. The van der Waals surface area contributed by atoms with Crippen molar-refractivity contribution in [1.29, 1.82) is 0 Å². The van der Waals surface area contributed by atoms with Crippen molar-refractivity contribution in [2.45, 2.75) is 18.9 Å². The van der Waals surface area contributed by atoms with Gasteiger partial charge in [0.15, 0.2) is 0 Å². The first kappa shape index (κ1) is 14.9. The second kappa shape index (κ2) is 7.31. The number of amides is 2. The summed E-state index contributed by atoms with van der Waals surface area (Å²) in [4.78, 5) is 22.7. The van der Waals surface area contributed by atoms with E-state index in [1.165, 1.54) is 0 Å². The first-order valence-electron chi connectivity index (χ1n) is 6.62. The molecular formula is C14H19N3O2S. The average Bonchev–Trinajstić information content (AvgIpc) is 2.41. The normalized spacial score (nSPS) is 18.5. The maximum Gasteiger partial charge on any atom is 0.225 e. The summed E-state index contributed by atoms with van der Waals surface area (Å²) in [5.41, 5.74) is 6.72. The quantitative estimate of drug-likeness (QED) is 0.748. The van der Waals surface area contributed by atoms with Crippen molar-refractivity contribution in [2.75, 3.05) is 23.4 Å². The lowest BCUT2D eigenvalue weighted by atomic mass is 10.1. The molecule has 1 aromatic carbocycles. The lowest BCUT2D eigenvalue weighted by Gasteiger charge is -2.22. The Hall–Kier alpha value is -1.53. The van der Waals surface area contributed by atoms with Crippen LogP contribution in [0, 0.1) is 0 Å². The van der Waals surface area contributed by atoms with Crippen LogP contribution in [0.5, 0.6) is 0 Å². The van der Waals surface area contributed by atoms with E-state index >= 15 is 0 Å². The third-order valence-electron chi connectivity index (χ3n) is 3.05. The van der Waals surface area contributed by atoms with Crippen molar-refractivity contribution >= 4 is 29.3 Å². The Morgan fingerprint density at radius 3 is 2.70 bits per heavy atom. The number of carbonyl (C=O) groups excluding carboxylic acids is 2. The standard InChI is InChI=1S/C14H19N3O2S/c15-13(18)7-10-1-3-11(4-2-10)17-14(19)8-12-9-20-6-5-16-12/h1-4,12,16H,5-9H2,(H2,15,18)(H,17,19). The molecule has 2 amide bonds. The average molecular weight is 293 g/mol. The van der Waals surface area contributed by atoms with Gasteiger partial charge in [-0.25, -0.2) is 0 Å². The van der Waals surface area contributed by atoms with Gasteiger partial charge in [0.25, 0.3) is 0 Å². The number of carbonyl (C=O) groups is 2. The van der Waals surface area contributed by atoms with Crippen LogP contribution in [0.4, 0.5) is 5.69 Å². The van der Waals surface area contributed by atoms with Crippen molar-refractivity contribution in [3.8, 4) is 0 Å². The fraction of sp³-hybridized carbons (Fsp3) is 0.429. The molecule has 20 heavy (non-hydrogen) atoms. The van der Waals surface area contributed by atoms with Gasteiger partial charge in [-0.05, 0) is 17.7 Å². The summed E-state index contributed by atoms with van der Waals surface area (Å²) in [5.74, 6) is 1.74. The van der Waals surface area contributed by atoms with Crippen molar-refractivity contribution in [3.05, 3.63) is 29.8 Å². The van der Waals surface area contributed by atoms with Gasteiger partial charge in [-0.3, -0.25) is 9.59 Å². The predicted molar refractivity (Wildman–Crippen MR) is 81.7 cm³/mol.